The molecule has 7 heteroatoms. The van der Waals surface area contributed by atoms with Crippen molar-refractivity contribution >= 4 is 0 Å². The molecule has 4 rings (SSSR count). The lowest BCUT2D eigenvalue weighted by Gasteiger charge is -2.26. The Morgan fingerprint density at radius 2 is 1.72 bits per heavy atom. The number of aliphatic hydroxyl groups excluding tert-OH is 1. The molecule has 1 saturated carbocycles. The van der Waals surface area contributed by atoms with E-state index in [-0.39, 0.29) is 11.7 Å². The topological polar surface area (TPSA) is 59.8 Å². The maximum absolute atomic E-state index is 14.6. The van der Waals surface area contributed by atoms with Crippen LogP contribution in [-0.4, -0.2) is 51.7 Å². The molecule has 0 aliphatic heterocycles. The highest BCUT2D eigenvalue weighted by Gasteiger charge is 2.33. The molecule has 36 heavy (non-hydrogen) atoms. The Kier molecular flexibility index (Phi) is 8.77. The number of benzene rings is 2. The van der Waals surface area contributed by atoms with Crippen molar-refractivity contribution in [3.8, 4) is 17.3 Å². The SMILES string of the molecule is CC(C)COC[C@H](O)CN(Cc1c(C(C)C)nn(-c2ccccc2)c1Oc1ccccc1F)C1CC1. The molecule has 2 aromatic carbocycles. The van der Waals surface area contributed by atoms with E-state index in [1.54, 1.807) is 22.9 Å². The molecule has 1 N–H and O–H groups in total. The summed E-state index contributed by atoms with van der Waals surface area (Å²) in [5.41, 5.74) is 2.66. The molecular formula is C29H38FN3O3. The van der Waals surface area contributed by atoms with Crippen molar-refractivity contribution in [2.45, 2.75) is 65.1 Å². The van der Waals surface area contributed by atoms with Gasteiger partial charge in [0.2, 0.25) is 5.88 Å². The van der Waals surface area contributed by atoms with E-state index in [1.165, 1.54) is 6.07 Å². The van der Waals surface area contributed by atoms with Crippen molar-refractivity contribution < 1.29 is 19.0 Å². The van der Waals surface area contributed by atoms with Gasteiger partial charge in [-0.25, -0.2) is 9.07 Å². The number of rotatable bonds is 13. The fraction of sp³-hybridized carbons (Fsp3) is 0.483. The average molecular weight is 496 g/mol. The van der Waals surface area contributed by atoms with Crippen molar-refractivity contribution in [1.82, 2.24) is 14.7 Å². The predicted octanol–water partition coefficient (Wildman–Crippen LogP) is 5.93. The molecule has 1 aliphatic rings. The van der Waals surface area contributed by atoms with Crippen molar-refractivity contribution in [2.24, 2.45) is 5.92 Å². The summed E-state index contributed by atoms with van der Waals surface area (Å²) in [6.45, 7) is 10.4. The standard InChI is InChI=1S/C29H38FN3O3/c1-20(2)18-35-19-24(34)16-32(22-14-15-22)17-25-28(21(3)4)31-33(23-10-6-5-7-11-23)29(25)36-27-13-9-8-12-26(27)30/h5-13,20-22,24,34H,14-19H2,1-4H3/t24-/m1/s1. The van der Waals surface area contributed by atoms with Gasteiger partial charge in [-0.1, -0.05) is 58.0 Å². The van der Waals surface area contributed by atoms with E-state index in [1.807, 2.05) is 30.3 Å². The van der Waals surface area contributed by atoms with Gasteiger partial charge in [0.25, 0.3) is 0 Å². The van der Waals surface area contributed by atoms with Gasteiger partial charge in [-0.15, -0.1) is 0 Å². The molecule has 1 fully saturated rings. The van der Waals surface area contributed by atoms with Gasteiger partial charge < -0.3 is 14.6 Å². The first-order valence-electron chi connectivity index (χ1n) is 12.9. The van der Waals surface area contributed by atoms with Crippen LogP contribution in [0.4, 0.5) is 4.39 Å². The van der Waals surface area contributed by atoms with Crippen molar-refractivity contribution in [1.29, 1.82) is 0 Å². The predicted molar refractivity (Wildman–Crippen MR) is 139 cm³/mol. The fourth-order valence-corrected chi connectivity index (χ4v) is 4.29. The molecule has 3 aromatic rings. The summed E-state index contributed by atoms with van der Waals surface area (Å²) in [6, 6.07) is 16.6. The van der Waals surface area contributed by atoms with Crippen LogP contribution in [-0.2, 0) is 11.3 Å². The molecule has 0 radical (unpaired) electrons. The van der Waals surface area contributed by atoms with Crippen LogP contribution in [0.3, 0.4) is 0 Å². The number of halogens is 1. The zero-order valence-corrected chi connectivity index (χ0v) is 21.7. The molecule has 1 heterocycles. The van der Waals surface area contributed by atoms with Crippen LogP contribution in [0.1, 0.15) is 57.7 Å². The number of hydrogen-bond donors (Lipinski definition) is 1. The maximum Gasteiger partial charge on any atom is 0.227 e. The van der Waals surface area contributed by atoms with Crippen LogP contribution >= 0.6 is 0 Å². The summed E-state index contributed by atoms with van der Waals surface area (Å²) >= 11 is 0. The monoisotopic (exact) mass is 495 g/mol. The minimum Gasteiger partial charge on any atom is -0.435 e. The second-order valence-corrected chi connectivity index (χ2v) is 10.3. The first-order chi connectivity index (χ1) is 17.3. The van der Waals surface area contributed by atoms with Gasteiger partial charge >= 0.3 is 0 Å². The minimum atomic E-state index is -0.591. The molecule has 0 spiro atoms. The van der Waals surface area contributed by atoms with Gasteiger partial charge in [0.15, 0.2) is 11.6 Å². The van der Waals surface area contributed by atoms with Gasteiger partial charge in [0.05, 0.1) is 29.7 Å². The smallest absolute Gasteiger partial charge is 0.227 e. The summed E-state index contributed by atoms with van der Waals surface area (Å²) < 4.78 is 28.4. The quantitative estimate of drug-likeness (QED) is 0.319. The number of nitrogens with zero attached hydrogens (tertiary/aromatic N) is 3. The third kappa shape index (κ3) is 6.72. The second-order valence-electron chi connectivity index (χ2n) is 10.3. The number of hydrogen-bond acceptors (Lipinski definition) is 5. The highest BCUT2D eigenvalue weighted by Crippen LogP contribution is 2.37. The molecule has 0 unspecified atom stereocenters. The lowest BCUT2D eigenvalue weighted by atomic mass is 10.1. The highest BCUT2D eigenvalue weighted by molar-refractivity contribution is 5.44. The summed E-state index contributed by atoms with van der Waals surface area (Å²) in [6.07, 6.45) is 1.59. The molecular weight excluding hydrogens is 457 g/mol. The molecule has 0 bridgehead atoms. The number of aliphatic hydroxyl groups is 1. The van der Waals surface area contributed by atoms with Crippen LogP contribution in [0.25, 0.3) is 5.69 Å². The Balaban J connectivity index is 1.68. The fourth-order valence-electron chi connectivity index (χ4n) is 4.29. The number of aromatic nitrogens is 2. The molecule has 1 aliphatic carbocycles. The van der Waals surface area contributed by atoms with E-state index in [0.29, 0.717) is 44.1 Å². The largest absolute Gasteiger partial charge is 0.435 e. The van der Waals surface area contributed by atoms with Crippen LogP contribution in [0, 0.1) is 11.7 Å². The average Bonchev–Trinajstić information content (AvgIpc) is 3.63. The van der Waals surface area contributed by atoms with E-state index >= 15 is 0 Å². The Morgan fingerprint density at radius 3 is 2.36 bits per heavy atom. The van der Waals surface area contributed by atoms with Gasteiger partial charge in [-0.05, 0) is 48.9 Å². The van der Waals surface area contributed by atoms with Gasteiger partial charge in [-0.3, -0.25) is 4.90 Å². The van der Waals surface area contributed by atoms with Crippen LogP contribution in [0.2, 0.25) is 0 Å². The molecule has 1 atom stereocenters. The molecule has 0 saturated heterocycles. The van der Waals surface area contributed by atoms with Crippen LogP contribution in [0.15, 0.2) is 54.6 Å². The zero-order chi connectivity index (χ0) is 25.7. The lowest BCUT2D eigenvalue weighted by molar-refractivity contribution is 0.00534. The number of ether oxygens (including phenoxy) is 2. The molecule has 6 nitrogen and oxygen atoms in total. The summed E-state index contributed by atoms with van der Waals surface area (Å²) in [5.74, 6) is 0.796. The van der Waals surface area contributed by atoms with Crippen molar-refractivity contribution in [2.75, 3.05) is 19.8 Å². The van der Waals surface area contributed by atoms with E-state index in [4.69, 9.17) is 14.6 Å². The van der Waals surface area contributed by atoms with E-state index in [9.17, 15) is 9.50 Å². The Labute approximate surface area is 213 Å². The Bertz CT molecular complexity index is 1110. The summed E-state index contributed by atoms with van der Waals surface area (Å²) in [5, 5.41) is 15.7. The molecule has 194 valence electrons. The molecule has 0 amide bonds. The normalized spacial score (nSPS) is 14.7. The Morgan fingerprint density at radius 1 is 1.03 bits per heavy atom. The highest BCUT2D eigenvalue weighted by atomic mass is 19.1. The third-order valence-electron chi connectivity index (χ3n) is 6.19. The van der Waals surface area contributed by atoms with Crippen LogP contribution in [0.5, 0.6) is 11.6 Å². The van der Waals surface area contributed by atoms with Crippen molar-refractivity contribution in [3.63, 3.8) is 0 Å². The van der Waals surface area contributed by atoms with Gasteiger partial charge in [0.1, 0.15) is 0 Å². The summed E-state index contributed by atoms with van der Waals surface area (Å²) in [4.78, 5) is 2.29. The van der Waals surface area contributed by atoms with Crippen LogP contribution < -0.4 is 4.74 Å². The molecule has 1 aromatic heterocycles. The second kappa shape index (κ2) is 12.0. The zero-order valence-electron chi connectivity index (χ0n) is 21.7. The minimum absolute atomic E-state index is 0.133. The van der Waals surface area contributed by atoms with E-state index in [0.717, 1.165) is 29.8 Å². The number of para-hydroxylation sites is 2. The first kappa shape index (κ1) is 26.3. The van der Waals surface area contributed by atoms with E-state index < -0.39 is 11.9 Å². The Hall–Kier alpha value is -2.74. The van der Waals surface area contributed by atoms with Crippen molar-refractivity contribution in [3.05, 3.63) is 71.7 Å². The third-order valence-corrected chi connectivity index (χ3v) is 6.19. The first-order valence-corrected chi connectivity index (χ1v) is 12.9. The van der Waals surface area contributed by atoms with Gasteiger partial charge in [0, 0.05) is 25.7 Å². The van der Waals surface area contributed by atoms with E-state index in [2.05, 4.69) is 32.6 Å². The lowest BCUT2D eigenvalue weighted by Crippen LogP contribution is -2.36. The maximum atomic E-state index is 14.6. The van der Waals surface area contributed by atoms with Gasteiger partial charge in [-0.2, -0.15) is 5.10 Å². The summed E-state index contributed by atoms with van der Waals surface area (Å²) in [7, 11) is 0.